The van der Waals surface area contributed by atoms with Crippen LogP contribution in [0.5, 0.6) is 0 Å². The SMILES string of the molecule is O=C(NC1(C(=O)Nc2ccc(N3CCOCC3=O)c(F)c2)CCOC1)c1ccc(Br)s1. The first kappa shape index (κ1) is 21.9. The molecule has 3 heterocycles. The smallest absolute Gasteiger partial charge is 0.262 e. The second kappa shape index (κ2) is 9.03. The molecule has 0 bridgehead atoms. The molecule has 0 aliphatic carbocycles. The minimum Gasteiger partial charge on any atom is -0.378 e. The molecule has 1 unspecified atom stereocenters. The van der Waals surface area contributed by atoms with Crippen LogP contribution in [0, 0.1) is 5.82 Å². The van der Waals surface area contributed by atoms with Crippen molar-refractivity contribution < 1.29 is 28.2 Å². The number of hydrogen-bond donors (Lipinski definition) is 2. The van der Waals surface area contributed by atoms with E-state index in [4.69, 9.17) is 9.47 Å². The maximum absolute atomic E-state index is 14.7. The normalized spacial score (nSPS) is 21.2. The molecule has 1 aromatic carbocycles. The Balaban J connectivity index is 1.49. The van der Waals surface area contributed by atoms with E-state index in [2.05, 4.69) is 26.6 Å². The average molecular weight is 512 g/mol. The highest BCUT2D eigenvalue weighted by atomic mass is 79.9. The van der Waals surface area contributed by atoms with E-state index in [9.17, 15) is 18.8 Å². The molecule has 1 aromatic heterocycles. The Kier molecular flexibility index (Phi) is 6.37. The van der Waals surface area contributed by atoms with E-state index in [1.165, 1.54) is 28.4 Å². The fourth-order valence-electron chi connectivity index (χ4n) is 3.44. The number of halogens is 2. The van der Waals surface area contributed by atoms with Crippen LogP contribution in [0.3, 0.4) is 0 Å². The lowest BCUT2D eigenvalue weighted by molar-refractivity contribution is -0.125. The molecule has 8 nitrogen and oxygen atoms in total. The second-order valence-electron chi connectivity index (χ2n) is 7.16. The van der Waals surface area contributed by atoms with Gasteiger partial charge in [-0.3, -0.25) is 14.4 Å². The average Bonchev–Trinajstić information content (AvgIpc) is 3.39. The predicted molar refractivity (Wildman–Crippen MR) is 116 cm³/mol. The molecule has 2 aromatic rings. The highest BCUT2D eigenvalue weighted by Gasteiger charge is 2.44. The molecule has 2 aliphatic heterocycles. The summed E-state index contributed by atoms with van der Waals surface area (Å²) in [6, 6.07) is 7.51. The van der Waals surface area contributed by atoms with E-state index in [1.54, 1.807) is 12.1 Å². The fourth-order valence-corrected chi connectivity index (χ4v) is 4.72. The van der Waals surface area contributed by atoms with E-state index in [0.717, 1.165) is 9.85 Å². The summed E-state index contributed by atoms with van der Waals surface area (Å²) in [5.74, 6) is -1.85. The Morgan fingerprint density at radius 1 is 1.19 bits per heavy atom. The number of thiophene rings is 1. The molecule has 0 saturated carbocycles. The lowest BCUT2D eigenvalue weighted by atomic mass is 9.97. The van der Waals surface area contributed by atoms with Crippen molar-refractivity contribution >= 4 is 56.4 Å². The molecule has 2 aliphatic rings. The summed E-state index contributed by atoms with van der Waals surface area (Å²) in [6.45, 7) is 0.814. The molecule has 2 N–H and O–H groups in total. The van der Waals surface area contributed by atoms with Crippen molar-refractivity contribution in [3.8, 4) is 0 Å². The minimum atomic E-state index is -1.26. The van der Waals surface area contributed by atoms with Gasteiger partial charge >= 0.3 is 0 Å². The van der Waals surface area contributed by atoms with Crippen LogP contribution in [0.4, 0.5) is 15.8 Å². The number of carbonyl (C=O) groups excluding carboxylic acids is 3. The third-order valence-corrected chi connectivity index (χ3v) is 6.71. The molecule has 1 atom stereocenters. The largest absolute Gasteiger partial charge is 0.378 e. The summed E-state index contributed by atoms with van der Waals surface area (Å²) in [6.07, 6.45) is 0.292. The van der Waals surface area contributed by atoms with Crippen LogP contribution in [-0.2, 0) is 19.1 Å². The third-order valence-electron chi connectivity index (χ3n) is 5.09. The minimum absolute atomic E-state index is 0.0139. The number of rotatable bonds is 5. The highest BCUT2D eigenvalue weighted by Crippen LogP contribution is 2.28. The quantitative estimate of drug-likeness (QED) is 0.642. The first-order chi connectivity index (χ1) is 14.9. The summed E-state index contributed by atoms with van der Waals surface area (Å²) in [5, 5.41) is 5.44. The summed E-state index contributed by atoms with van der Waals surface area (Å²) < 4.78 is 25.9. The zero-order valence-electron chi connectivity index (χ0n) is 16.3. The van der Waals surface area contributed by atoms with Crippen molar-refractivity contribution in [3.05, 3.63) is 44.8 Å². The number of amides is 3. The maximum Gasteiger partial charge on any atom is 0.262 e. The summed E-state index contributed by atoms with van der Waals surface area (Å²) >= 11 is 4.56. The van der Waals surface area contributed by atoms with Gasteiger partial charge in [-0.15, -0.1) is 11.3 Å². The van der Waals surface area contributed by atoms with Crippen molar-refractivity contribution in [1.82, 2.24) is 5.32 Å². The molecule has 2 saturated heterocycles. The number of nitrogens with one attached hydrogen (secondary N) is 2. The van der Waals surface area contributed by atoms with Gasteiger partial charge < -0.3 is 25.0 Å². The van der Waals surface area contributed by atoms with Gasteiger partial charge in [-0.05, 0) is 46.3 Å². The van der Waals surface area contributed by atoms with Crippen molar-refractivity contribution in [3.63, 3.8) is 0 Å². The van der Waals surface area contributed by atoms with E-state index >= 15 is 0 Å². The fraction of sp³-hybridized carbons (Fsp3) is 0.350. The first-order valence-electron chi connectivity index (χ1n) is 9.53. The van der Waals surface area contributed by atoms with Gasteiger partial charge in [0, 0.05) is 25.3 Å². The summed E-state index contributed by atoms with van der Waals surface area (Å²) in [7, 11) is 0. The second-order valence-corrected chi connectivity index (χ2v) is 9.62. The number of benzene rings is 1. The van der Waals surface area contributed by atoms with Crippen molar-refractivity contribution in [2.45, 2.75) is 12.0 Å². The molecule has 3 amide bonds. The van der Waals surface area contributed by atoms with E-state index in [1.807, 2.05) is 0 Å². The molecular weight excluding hydrogens is 493 g/mol. The first-order valence-corrected chi connectivity index (χ1v) is 11.1. The van der Waals surface area contributed by atoms with Crippen LogP contribution in [0.2, 0.25) is 0 Å². The van der Waals surface area contributed by atoms with Gasteiger partial charge in [0.1, 0.15) is 18.0 Å². The third kappa shape index (κ3) is 4.64. The van der Waals surface area contributed by atoms with Crippen LogP contribution < -0.4 is 15.5 Å². The van der Waals surface area contributed by atoms with Crippen molar-refractivity contribution in [1.29, 1.82) is 0 Å². The molecule has 11 heteroatoms. The van der Waals surface area contributed by atoms with Gasteiger partial charge in [-0.25, -0.2) is 4.39 Å². The van der Waals surface area contributed by atoms with Gasteiger partial charge in [0.05, 0.1) is 27.6 Å². The van der Waals surface area contributed by atoms with Crippen LogP contribution in [0.1, 0.15) is 16.1 Å². The molecule has 4 rings (SSSR count). The Labute approximate surface area is 189 Å². The topological polar surface area (TPSA) is 97.0 Å². The number of ether oxygens (including phenoxy) is 2. The van der Waals surface area contributed by atoms with E-state index in [0.29, 0.717) is 24.5 Å². The van der Waals surface area contributed by atoms with Crippen LogP contribution in [0.15, 0.2) is 34.1 Å². The zero-order chi connectivity index (χ0) is 22.0. The highest BCUT2D eigenvalue weighted by molar-refractivity contribution is 9.11. The van der Waals surface area contributed by atoms with Crippen LogP contribution >= 0.6 is 27.3 Å². The summed E-state index contributed by atoms with van der Waals surface area (Å²) in [4.78, 5) is 39.4. The standard InChI is InChI=1S/C20H19BrFN3O5S/c21-16-4-3-15(31-16)18(27)24-20(5-7-30-11-20)19(28)23-12-1-2-14(13(22)9-12)25-6-8-29-10-17(25)26/h1-4,9H,5-8,10-11H2,(H,23,28)(H,24,27). The number of hydrogen-bond acceptors (Lipinski definition) is 6. The number of carbonyl (C=O) groups is 3. The van der Waals surface area contributed by atoms with Crippen LogP contribution in [-0.4, -0.2) is 56.2 Å². The predicted octanol–water partition coefficient (Wildman–Crippen LogP) is 2.54. The maximum atomic E-state index is 14.7. The van der Waals surface area contributed by atoms with Crippen molar-refractivity contribution in [2.75, 3.05) is 43.2 Å². The Morgan fingerprint density at radius 3 is 2.68 bits per heavy atom. The zero-order valence-corrected chi connectivity index (χ0v) is 18.7. The lowest BCUT2D eigenvalue weighted by Gasteiger charge is -2.28. The van der Waals surface area contributed by atoms with E-state index in [-0.39, 0.29) is 42.9 Å². The number of anilines is 2. The molecular formula is C20H19BrFN3O5S. The molecule has 164 valence electrons. The molecule has 31 heavy (non-hydrogen) atoms. The Hall–Kier alpha value is -2.34. The molecule has 0 spiro atoms. The lowest BCUT2D eigenvalue weighted by Crippen LogP contribution is -2.57. The van der Waals surface area contributed by atoms with Crippen LogP contribution in [0.25, 0.3) is 0 Å². The number of morpholine rings is 1. The van der Waals surface area contributed by atoms with Gasteiger partial charge in [-0.1, -0.05) is 0 Å². The number of nitrogens with zero attached hydrogens (tertiary/aromatic N) is 1. The summed E-state index contributed by atoms with van der Waals surface area (Å²) in [5.41, 5.74) is -0.920. The van der Waals surface area contributed by atoms with Gasteiger partial charge in [0.25, 0.3) is 17.7 Å². The van der Waals surface area contributed by atoms with Gasteiger partial charge in [0.2, 0.25) is 0 Å². The molecule has 2 fully saturated rings. The van der Waals surface area contributed by atoms with Gasteiger partial charge in [0.15, 0.2) is 0 Å². The Bertz CT molecular complexity index is 1020. The van der Waals surface area contributed by atoms with Gasteiger partial charge in [-0.2, -0.15) is 0 Å². The van der Waals surface area contributed by atoms with Crippen molar-refractivity contribution in [2.24, 2.45) is 0 Å². The molecule has 0 radical (unpaired) electrons. The Morgan fingerprint density at radius 2 is 2.03 bits per heavy atom. The monoisotopic (exact) mass is 511 g/mol. The van der Waals surface area contributed by atoms with E-state index < -0.39 is 17.3 Å².